The summed E-state index contributed by atoms with van der Waals surface area (Å²) in [5.74, 6) is -2.05. The standard InChI is InChI=1S/C16H24N2O4S.C2HF3O2/c1-2-23(19,20)18-10-7-14-16(12-18,8-5-11-21-14)13-22-15-6-3-4-9-17-15;3-2(4,5)1(6)7/h3-4,6,9,14H,2,5,7-8,10-13H2,1H3;(H,6,7). The first-order valence-corrected chi connectivity index (χ1v) is 11.0. The summed E-state index contributed by atoms with van der Waals surface area (Å²) < 4.78 is 69.7. The maximum absolute atomic E-state index is 12.3. The highest BCUT2D eigenvalue weighted by atomic mass is 32.2. The molecule has 8 nitrogen and oxygen atoms in total. The van der Waals surface area contributed by atoms with Crippen LogP contribution in [-0.2, 0) is 19.6 Å². The lowest BCUT2D eigenvalue weighted by Gasteiger charge is -2.49. The summed E-state index contributed by atoms with van der Waals surface area (Å²) in [5, 5.41) is 7.12. The maximum atomic E-state index is 12.3. The third-order valence-electron chi connectivity index (χ3n) is 5.10. The molecule has 170 valence electrons. The van der Waals surface area contributed by atoms with Crippen molar-refractivity contribution in [2.75, 3.05) is 32.1 Å². The molecule has 2 fully saturated rings. The number of rotatable bonds is 5. The predicted octanol–water partition coefficient (Wildman–Crippen LogP) is 2.31. The number of fused-ring (bicyclic) bond motifs is 1. The van der Waals surface area contributed by atoms with Gasteiger partial charge in [0.2, 0.25) is 15.9 Å². The number of carboxylic acid groups (broad SMARTS) is 1. The van der Waals surface area contributed by atoms with Crippen molar-refractivity contribution in [3.8, 4) is 5.88 Å². The molecule has 1 aromatic rings. The Hall–Kier alpha value is -1.92. The van der Waals surface area contributed by atoms with Crippen LogP contribution in [0.15, 0.2) is 24.4 Å². The number of aliphatic carboxylic acids is 1. The normalized spacial score (nSPS) is 24.9. The van der Waals surface area contributed by atoms with Gasteiger partial charge in [0, 0.05) is 37.4 Å². The zero-order valence-electron chi connectivity index (χ0n) is 16.5. The third kappa shape index (κ3) is 6.29. The van der Waals surface area contributed by atoms with Gasteiger partial charge in [-0.2, -0.15) is 13.2 Å². The minimum absolute atomic E-state index is 0.0586. The average Bonchev–Trinajstić information content (AvgIpc) is 2.72. The van der Waals surface area contributed by atoms with Gasteiger partial charge in [0.15, 0.2) is 0 Å². The Balaban J connectivity index is 0.000000396. The topological polar surface area (TPSA) is 106 Å². The molecule has 1 N–H and O–H groups in total. The minimum Gasteiger partial charge on any atom is -0.477 e. The SMILES string of the molecule is CCS(=O)(=O)N1CCC2OCCCC2(COc2ccccn2)C1.O=C(O)C(F)(F)F. The molecule has 0 aromatic carbocycles. The molecule has 1 aromatic heterocycles. The first-order valence-electron chi connectivity index (χ1n) is 9.43. The number of halogens is 3. The van der Waals surface area contributed by atoms with E-state index < -0.39 is 22.2 Å². The first kappa shape index (κ1) is 24.4. The van der Waals surface area contributed by atoms with Crippen molar-refractivity contribution in [1.29, 1.82) is 0 Å². The number of aromatic nitrogens is 1. The number of piperidine rings is 1. The summed E-state index contributed by atoms with van der Waals surface area (Å²) in [6.45, 7) is 3.88. The lowest BCUT2D eigenvalue weighted by Crippen LogP contribution is -2.58. The van der Waals surface area contributed by atoms with Gasteiger partial charge in [-0.3, -0.25) is 0 Å². The van der Waals surface area contributed by atoms with E-state index in [0.717, 1.165) is 25.9 Å². The van der Waals surface area contributed by atoms with Crippen LogP contribution in [0.1, 0.15) is 26.2 Å². The van der Waals surface area contributed by atoms with E-state index in [1.165, 1.54) is 0 Å². The second-order valence-electron chi connectivity index (χ2n) is 7.11. The van der Waals surface area contributed by atoms with Crippen molar-refractivity contribution in [3.63, 3.8) is 0 Å². The smallest absolute Gasteiger partial charge is 0.477 e. The van der Waals surface area contributed by atoms with Gasteiger partial charge in [0.05, 0.1) is 18.5 Å². The second kappa shape index (κ2) is 9.92. The molecule has 0 spiro atoms. The maximum Gasteiger partial charge on any atom is 0.490 e. The van der Waals surface area contributed by atoms with Crippen LogP contribution in [0.5, 0.6) is 5.88 Å². The Morgan fingerprint density at radius 2 is 2.13 bits per heavy atom. The summed E-state index contributed by atoms with van der Waals surface area (Å²) in [7, 11) is -3.19. The van der Waals surface area contributed by atoms with Crippen LogP contribution in [0.25, 0.3) is 0 Å². The number of ether oxygens (including phenoxy) is 2. The monoisotopic (exact) mass is 454 g/mol. The largest absolute Gasteiger partial charge is 0.490 e. The van der Waals surface area contributed by atoms with Crippen molar-refractivity contribution in [2.24, 2.45) is 5.41 Å². The zero-order valence-corrected chi connectivity index (χ0v) is 17.3. The molecule has 2 aliphatic heterocycles. The fourth-order valence-electron chi connectivity index (χ4n) is 3.53. The van der Waals surface area contributed by atoms with Gasteiger partial charge < -0.3 is 14.6 Å². The predicted molar refractivity (Wildman–Crippen MR) is 100 cm³/mol. The van der Waals surface area contributed by atoms with E-state index in [-0.39, 0.29) is 17.3 Å². The van der Waals surface area contributed by atoms with E-state index in [9.17, 15) is 21.6 Å². The van der Waals surface area contributed by atoms with Gasteiger partial charge in [0.1, 0.15) is 0 Å². The number of hydrogen-bond donors (Lipinski definition) is 1. The molecule has 2 saturated heterocycles. The average molecular weight is 454 g/mol. The lowest BCUT2D eigenvalue weighted by atomic mass is 9.73. The van der Waals surface area contributed by atoms with Gasteiger partial charge >= 0.3 is 12.1 Å². The summed E-state index contributed by atoms with van der Waals surface area (Å²) >= 11 is 0. The number of alkyl halides is 3. The molecule has 2 unspecified atom stereocenters. The third-order valence-corrected chi connectivity index (χ3v) is 6.93. The van der Waals surface area contributed by atoms with Crippen molar-refractivity contribution >= 4 is 16.0 Å². The summed E-state index contributed by atoms with van der Waals surface area (Å²) in [4.78, 5) is 13.1. The molecule has 30 heavy (non-hydrogen) atoms. The van der Waals surface area contributed by atoms with Crippen LogP contribution >= 0.6 is 0 Å². The second-order valence-corrected chi connectivity index (χ2v) is 9.37. The van der Waals surface area contributed by atoms with E-state index >= 15 is 0 Å². The van der Waals surface area contributed by atoms with E-state index in [1.54, 1.807) is 17.4 Å². The van der Waals surface area contributed by atoms with Crippen LogP contribution in [0.4, 0.5) is 13.2 Å². The molecule has 0 amide bonds. The van der Waals surface area contributed by atoms with Crippen LogP contribution in [0.3, 0.4) is 0 Å². The van der Waals surface area contributed by atoms with E-state index in [1.807, 2.05) is 18.2 Å². The molecule has 0 bridgehead atoms. The Morgan fingerprint density at radius 3 is 2.70 bits per heavy atom. The lowest BCUT2D eigenvalue weighted by molar-refractivity contribution is -0.192. The molecular formula is C18H25F3N2O6S. The molecule has 0 saturated carbocycles. The summed E-state index contributed by atoms with van der Waals surface area (Å²) in [5.41, 5.74) is -0.281. The number of nitrogens with zero attached hydrogens (tertiary/aromatic N) is 2. The fraction of sp³-hybridized carbons (Fsp3) is 0.667. The molecule has 2 aliphatic rings. The number of sulfonamides is 1. The van der Waals surface area contributed by atoms with Crippen molar-refractivity contribution in [2.45, 2.75) is 38.5 Å². The highest BCUT2D eigenvalue weighted by Gasteiger charge is 2.48. The minimum atomic E-state index is -5.08. The molecule has 0 aliphatic carbocycles. The quantitative estimate of drug-likeness (QED) is 0.728. The van der Waals surface area contributed by atoms with Crippen LogP contribution in [0.2, 0.25) is 0 Å². The first-order chi connectivity index (χ1) is 14.0. The Labute approximate surface area is 173 Å². The summed E-state index contributed by atoms with van der Waals surface area (Å²) in [6, 6.07) is 5.54. The highest BCUT2D eigenvalue weighted by Crippen LogP contribution is 2.41. The van der Waals surface area contributed by atoms with E-state index in [0.29, 0.717) is 25.6 Å². The zero-order chi connectivity index (χ0) is 22.4. The van der Waals surface area contributed by atoms with Crippen LogP contribution in [0, 0.1) is 5.41 Å². The van der Waals surface area contributed by atoms with E-state index in [4.69, 9.17) is 19.4 Å². The fourth-order valence-corrected chi connectivity index (χ4v) is 4.73. The van der Waals surface area contributed by atoms with Gasteiger partial charge in [-0.15, -0.1) is 0 Å². The molecule has 0 radical (unpaired) electrons. The molecule has 2 atom stereocenters. The number of hydrogen-bond acceptors (Lipinski definition) is 6. The molecule has 3 heterocycles. The van der Waals surface area contributed by atoms with Crippen LogP contribution in [-0.4, -0.2) is 73.1 Å². The van der Waals surface area contributed by atoms with Gasteiger partial charge in [-0.25, -0.2) is 22.5 Å². The Kier molecular flexibility index (Phi) is 8.06. The van der Waals surface area contributed by atoms with Crippen molar-refractivity contribution in [1.82, 2.24) is 9.29 Å². The van der Waals surface area contributed by atoms with Crippen molar-refractivity contribution < 1.29 is 41.0 Å². The molecular weight excluding hydrogens is 429 g/mol. The van der Waals surface area contributed by atoms with Crippen molar-refractivity contribution in [3.05, 3.63) is 24.4 Å². The van der Waals surface area contributed by atoms with Gasteiger partial charge in [0.25, 0.3) is 0 Å². The number of carboxylic acids is 1. The number of pyridine rings is 1. The highest BCUT2D eigenvalue weighted by molar-refractivity contribution is 7.89. The van der Waals surface area contributed by atoms with Gasteiger partial charge in [-0.1, -0.05) is 6.07 Å². The van der Waals surface area contributed by atoms with Gasteiger partial charge in [-0.05, 0) is 32.3 Å². The van der Waals surface area contributed by atoms with E-state index in [2.05, 4.69) is 4.98 Å². The molecule has 12 heteroatoms. The van der Waals surface area contributed by atoms with Crippen LogP contribution < -0.4 is 4.74 Å². The number of carbonyl (C=O) groups is 1. The Morgan fingerprint density at radius 1 is 1.43 bits per heavy atom. The molecule has 3 rings (SSSR count). The Bertz CT molecular complexity index is 806. The summed E-state index contributed by atoms with van der Waals surface area (Å²) in [6.07, 6.45) is -0.757.